The van der Waals surface area contributed by atoms with Crippen LogP contribution < -0.4 is 5.32 Å². The first kappa shape index (κ1) is 19.3. The summed E-state index contributed by atoms with van der Waals surface area (Å²) in [4.78, 5) is 11.8. The maximum absolute atomic E-state index is 12.6. The molecular formula is C21H24N2O3S. The summed E-state index contributed by atoms with van der Waals surface area (Å²) < 4.78 is 26.6. The molecule has 0 radical (unpaired) electrons. The smallest absolute Gasteiger partial charge is 0.243 e. The molecule has 0 spiro atoms. The molecule has 1 aliphatic heterocycles. The van der Waals surface area contributed by atoms with Crippen molar-refractivity contribution in [3.8, 4) is 0 Å². The first-order valence-corrected chi connectivity index (χ1v) is 10.7. The van der Waals surface area contributed by atoms with Gasteiger partial charge in [-0.05, 0) is 35.6 Å². The number of hydrogen-bond acceptors (Lipinski definition) is 3. The van der Waals surface area contributed by atoms with Gasteiger partial charge in [-0.15, -0.1) is 0 Å². The van der Waals surface area contributed by atoms with Crippen molar-refractivity contribution in [1.29, 1.82) is 0 Å². The summed E-state index contributed by atoms with van der Waals surface area (Å²) in [7, 11) is -3.32. The van der Waals surface area contributed by atoms with Crippen LogP contribution in [0.15, 0.2) is 60.7 Å². The topological polar surface area (TPSA) is 66.5 Å². The quantitative estimate of drug-likeness (QED) is 0.589. The molecular weight excluding hydrogens is 360 g/mol. The Hall–Kier alpha value is -2.44. The first-order chi connectivity index (χ1) is 13.0. The molecule has 1 amide bonds. The normalized spacial score (nSPS) is 14.8. The molecule has 5 nitrogen and oxygen atoms in total. The molecule has 1 aliphatic rings. The third-order valence-electron chi connectivity index (χ3n) is 4.59. The fourth-order valence-electron chi connectivity index (χ4n) is 3.10. The molecule has 27 heavy (non-hydrogen) atoms. The van der Waals surface area contributed by atoms with E-state index >= 15 is 0 Å². The highest BCUT2D eigenvalue weighted by atomic mass is 32.2. The van der Waals surface area contributed by atoms with E-state index in [1.807, 2.05) is 48.5 Å². The van der Waals surface area contributed by atoms with Gasteiger partial charge in [0.2, 0.25) is 15.9 Å². The summed E-state index contributed by atoms with van der Waals surface area (Å²) in [6.07, 6.45) is 4.34. The molecule has 2 aromatic carbocycles. The van der Waals surface area contributed by atoms with E-state index in [4.69, 9.17) is 0 Å². The molecule has 0 atom stereocenters. The Morgan fingerprint density at radius 2 is 1.74 bits per heavy atom. The molecule has 2 aromatic rings. The van der Waals surface area contributed by atoms with Crippen molar-refractivity contribution >= 4 is 22.0 Å². The summed E-state index contributed by atoms with van der Waals surface area (Å²) in [5, 5.41) is 2.74. The molecule has 1 heterocycles. The highest BCUT2D eigenvalue weighted by Crippen LogP contribution is 2.21. The molecule has 0 unspecified atom stereocenters. The third-order valence-corrected chi connectivity index (χ3v) is 6.50. The molecule has 0 aromatic heterocycles. The molecule has 1 N–H and O–H groups in total. The number of rotatable bonds is 7. The van der Waals surface area contributed by atoms with Crippen LogP contribution in [0.5, 0.6) is 0 Å². The van der Waals surface area contributed by atoms with Gasteiger partial charge >= 0.3 is 0 Å². The Morgan fingerprint density at radius 3 is 2.52 bits per heavy atom. The predicted octanol–water partition coefficient (Wildman–Crippen LogP) is 2.59. The zero-order chi connectivity index (χ0) is 19.1. The van der Waals surface area contributed by atoms with E-state index in [2.05, 4.69) is 11.4 Å². The molecule has 0 aliphatic carbocycles. The first-order valence-electron chi connectivity index (χ1n) is 9.10. The number of nitrogens with one attached hydrogen (secondary N) is 1. The Balaban J connectivity index is 1.43. The van der Waals surface area contributed by atoms with Gasteiger partial charge in [-0.25, -0.2) is 8.42 Å². The fourth-order valence-corrected chi connectivity index (χ4v) is 4.57. The van der Waals surface area contributed by atoms with Crippen molar-refractivity contribution in [3.05, 3.63) is 77.4 Å². The molecule has 0 bridgehead atoms. The Bertz CT molecular complexity index is 908. The van der Waals surface area contributed by atoms with Gasteiger partial charge in [0, 0.05) is 25.7 Å². The number of carbonyl (C=O) groups excluding carboxylic acids is 1. The Morgan fingerprint density at radius 1 is 1.04 bits per heavy atom. The number of nitrogens with zero attached hydrogens (tertiary/aromatic N) is 1. The lowest BCUT2D eigenvalue weighted by atomic mass is 10.0. The Labute approximate surface area is 160 Å². The van der Waals surface area contributed by atoms with Crippen molar-refractivity contribution < 1.29 is 13.2 Å². The number of fused-ring (bicyclic) bond motifs is 1. The zero-order valence-electron chi connectivity index (χ0n) is 15.2. The van der Waals surface area contributed by atoms with E-state index in [0.29, 0.717) is 26.1 Å². The summed E-state index contributed by atoms with van der Waals surface area (Å²) >= 11 is 0. The monoisotopic (exact) mass is 384 g/mol. The van der Waals surface area contributed by atoms with Crippen molar-refractivity contribution in [2.45, 2.75) is 19.4 Å². The van der Waals surface area contributed by atoms with Crippen molar-refractivity contribution in [1.82, 2.24) is 9.62 Å². The summed E-state index contributed by atoms with van der Waals surface area (Å²) in [6.45, 7) is 1.29. The number of sulfonamides is 1. The van der Waals surface area contributed by atoms with Gasteiger partial charge in [-0.2, -0.15) is 4.31 Å². The van der Waals surface area contributed by atoms with Gasteiger partial charge < -0.3 is 5.32 Å². The van der Waals surface area contributed by atoms with E-state index in [9.17, 15) is 13.2 Å². The number of benzene rings is 2. The molecule has 142 valence electrons. The number of amides is 1. The van der Waals surface area contributed by atoms with Crippen LogP contribution >= 0.6 is 0 Å². The lowest BCUT2D eigenvalue weighted by Gasteiger charge is -2.28. The van der Waals surface area contributed by atoms with Crippen LogP contribution in [0.3, 0.4) is 0 Å². The van der Waals surface area contributed by atoms with Crippen molar-refractivity contribution in [3.63, 3.8) is 0 Å². The van der Waals surface area contributed by atoms with E-state index in [-0.39, 0.29) is 11.7 Å². The summed E-state index contributed by atoms with van der Waals surface area (Å²) in [6, 6.07) is 17.5. The second-order valence-electron chi connectivity index (χ2n) is 6.56. The largest absolute Gasteiger partial charge is 0.353 e. The van der Waals surface area contributed by atoms with Crippen LogP contribution in [0.4, 0.5) is 0 Å². The van der Waals surface area contributed by atoms with Gasteiger partial charge in [0.1, 0.15) is 0 Å². The molecule has 6 heteroatoms. The summed E-state index contributed by atoms with van der Waals surface area (Å²) in [5.74, 6) is -0.180. The number of carbonyl (C=O) groups is 1. The number of hydrogen-bond donors (Lipinski definition) is 1. The van der Waals surface area contributed by atoms with Gasteiger partial charge in [-0.3, -0.25) is 4.79 Å². The maximum atomic E-state index is 12.6. The highest BCUT2D eigenvalue weighted by molar-refractivity contribution is 7.89. The van der Waals surface area contributed by atoms with E-state index < -0.39 is 10.0 Å². The van der Waals surface area contributed by atoms with Crippen LogP contribution in [0, 0.1) is 0 Å². The average molecular weight is 385 g/mol. The van der Waals surface area contributed by atoms with Gasteiger partial charge in [0.15, 0.2) is 0 Å². The van der Waals surface area contributed by atoms with Crippen LogP contribution in [-0.4, -0.2) is 37.5 Å². The van der Waals surface area contributed by atoms with Crippen molar-refractivity contribution in [2.75, 3.05) is 18.8 Å². The van der Waals surface area contributed by atoms with Crippen LogP contribution in [0.2, 0.25) is 0 Å². The predicted molar refractivity (Wildman–Crippen MR) is 107 cm³/mol. The maximum Gasteiger partial charge on any atom is 0.243 e. The molecule has 0 saturated carbocycles. The molecule has 0 fully saturated rings. The minimum absolute atomic E-state index is 0.0395. The average Bonchev–Trinajstić information content (AvgIpc) is 2.70. The van der Waals surface area contributed by atoms with E-state index in [1.165, 1.54) is 11.6 Å². The molecule has 0 saturated heterocycles. The fraction of sp³-hybridized carbons (Fsp3) is 0.286. The second kappa shape index (κ2) is 8.97. The van der Waals surface area contributed by atoms with Crippen molar-refractivity contribution in [2.24, 2.45) is 0 Å². The lowest BCUT2D eigenvalue weighted by Crippen LogP contribution is -2.38. The van der Waals surface area contributed by atoms with E-state index in [0.717, 1.165) is 17.5 Å². The highest BCUT2D eigenvalue weighted by Gasteiger charge is 2.25. The van der Waals surface area contributed by atoms with Crippen LogP contribution in [-0.2, 0) is 27.8 Å². The van der Waals surface area contributed by atoms with Gasteiger partial charge in [0.25, 0.3) is 0 Å². The standard InChI is InChI=1S/C21H24N2O3S/c24-21(12-11-18-7-2-1-3-8-18)22-14-6-16-27(25,26)23-15-13-19-9-4-5-10-20(19)17-23/h1-5,7-12H,6,13-17H2,(H,22,24). The second-order valence-corrected chi connectivity index (χ2v) is 8.65. The zero-order valence-corrected chi connectivity index (χ0v) is 16.0. The van der Waals surface area contributed by atoms with Gasteiger partial charge in [0.05, 0.1) is 5.75 Å². The SMILES string of the molecule is O=C(C=Cc1ccccc1)NCCCS(=O)(=O)N1CCc2ccccc2C1. The minimum atomic E-state index is -3.32. The third kappa shape index (κ3) is 5.52. The Kier molecular flexibility index (Phi) is 6.42. The van der Waals surface area contributed by atoms with Crippen LogP contribution in [0.1, 0.15) is 23.1 Å². The molecule has 3 rings (SSSR count). The van der Waals surface area contributed by atoms with E-state index in [1.54, 1.807) is 10.4 Å². The lowest BCUT2D eigenvalue weighted by molar-refractivity contribution is -0.116. The minimum Gasteiger partial charge on any atom is -0.353 e. The van der Waals surface area contributed by atoms with Crippen LogP contribution in [0.25, 0.3) is 6.08 Å². The van der Waals surface area contributed by atoms with Gasteiger partial charge in [-0.1, -0.05) is 54.6 Å². The summed E-state index contributed by atoms with van der Waals surface area (Å²) in [5.41, 5.74) is 3.24.